The van der Waals surface area contributed by atoms with Crippen LogP contribution < -0.4 is 0 Å². The molecule has 3 rings (SSSR count). The lowest BCUT2D eigenvalue weighted by molar-refractivity contribution is 0.0599. The van der Waals surface area contributed by atoms with Gasteiger partial charge in [0.2, 0.25) is 0 Å². The molecule has 0 radical (unpaired) electrons. The number of carbonyl (C=O) groups is 1. The van der Waals surface area contributed by atoms with Crippen LogP contribution in [0.1, 0.15) is 32.2 Å². The number of methoxy groups -OCH3 is 1. The van der Waals surface area contributed by atoms with Crippen molar-refractivity contribution in [2.24, 2.45) is 0 Å². The second-order valence-electron chi connectivity index (χ2n) is 4.79. The first-order chi connectivity index (χ1) is 10.0. The maximum absolute atomic E-state index is 12.0. The van der Waals surface area contributed by atoms with Gasteiger partial charge in [-0.15, -0.1) is 23.2 Å². The van der Waals surface area contributed by atoms with E-state index in [0.717, 1.165) is 16.7 Å². The van der Waals surface area contributed by atoms with Crippen molar-refractivity contribution in [2.45, 2.75) is 10.8 Å². The predicted octanol–water partition coefficient (Wildman–Crippen LogP) is 5.37. The van der Waals surface area contributed by atoms with Crippen LogP contribution in [0.5, 0.6) is 0 Å². The quantitative estimate of drug-likeness (QED) is 0.515. The summed E-state index contributed by atoms with van der Waals surface area (Å²) in [6.07, 6.45) is 0. The van der Waals surface area contributed by atoms with Gasteiger partial charge in [0.25, 0.3) is 0 Å². The normalized spacial score (nSPS) is 19.6. The Hall–Kier alpha value is -1.22. The number of alkyl halides is 2. The number of ether oxygens (including phenoxy) is 1. The van der Waals surface area contributed by atoms with Crippen molar-refractivity contribution >= 4 is 40.8 Å². The number of benzene rings is 2. The molecule has 2 aromatic rings. The SMILES string of the molecule is COC(=O)c1cccc2c1[C@@H](Cl)[C@H](Cl)c1ccc(Cl)cc1-2. The molecular formula is C16H11Cl3O2. The predicted molar refractivity (Wildman–Crippen MR) is 85.4 cm³/mol. The van der Waals surface area contributed by atoms with Crippen LogP contribution in [-0.4, -0.2) is 13.1 Å². The van der Waals surface area contributed by atoms with Crippen LogP contribution in [0.25, 0.3) is 11.1 Å². The van der Waals surface area contributed by atoms with Gasteiger partial charge in [0.05, 0.1) is 23.4 Å². The van der Waals surface area contributed by atoms with Gasteiger partial charge in [-0.2, -0.15) is 0 Å². The van der Waals surface area contributed by atoms with Crippen molar-refractivity contribution in [1.29, 1.82) is 0 Å². The van der Waals surface area contributed by atoms with Crippen LogP contribution in [0.2, 0.25) is 5.02 Å². The second-order valence-corrected chi connectivity index (χ2v) is 6.17. The molecule has 2 nitrogen and oxygen atoms in total. The number of carbonyl (C=O) groups excluding carboxylic acids is 1. The van der Waals surface area contributed by atoms with Crippen LogP contribution in [0.4, 0.5) is 0 Å². The highest BCUT2D eigenvalue weighted by Crippen LogP contribution is 2.52. The van der Waals surface area contributed by atoms with Crippen LogP contribution in [0.15, 0.2) is 36.4 Å². The molecule has 1 aliphatic carbocycles. The Bertz CT molecular complexity index is 727. The molecule has 2 aromatic carbocycles. The van der Waals surface area contributed by atoms with Crippen LogP contribution in [0, 0.1) is 0 Å². The van der Waals surface area contributed by atoms with E-state index in [-0.39, 0.29) is 0 Å². The summed E-state index contributed by atoms with van der Waals surface area (Å²) in [7, 11) is 1.34. The standard InChI is InChI=1S/C16H11Cl3O2/c1-21-16(20)11-4-2-3-9-12-7-8(17)5-6-10(12)14(18)15(19)13(9)11/h2-7,14-15H,1H3/t14-,15-/m1/s1. The van der Waals surface area contributed by atoms with E-state index in [1.807, 2.05) is 18.2 Å². The largest absolute Gasteiger partial charge is 0.465 e. The Balaban J connectivity index is 2.32. The summed E-state index contributed by atoms with van der Waals surface area (Å²) in [6, 6.07) is 10.9. The van der Waals surface area contributed by atoms with Gasteiger partial charge < -0.3 is 4.74 Å². The fraction of sp³-hybridized carbons (Fsp3) is 0.188. The van der Waals surface area contributed by atoms with E-state index in [2.05, 4.69) is 0 Å². The molecule has 1 aliphatic rings. The summed E-state index contributed by atoms with van der Waals surface area (Å²) in [4.78, 5) is 12.0. The zero-order chi connectivity index (χ0) is 15.1. The molecular weight excluding hydrogens is 331 g/mol. The van der Waals surface area contributed by atoms with Gasteiger partial charge in [0, 0.05) is 5.02 Å². The highest BCUT2D eigenvalue weighted by molar-refractivity contribution is 6.33. The molecule has 0 N–H and O–H groups in total. The summed E-state index contributed by atoms with van der Waals surface area (Å²) in [5.41, 5.74) is 3.81. The Morgan fingerprint density at radius 3 is 2.57 bits per heavy atom. The molecule has 0 saturated heterocycles. The summed E-state index contributed by atoms with van der Waals surface area (Å²) < 4.78 is 4.83. The molecule has 0 unspecified atom stereocenters. The molecule has 0 aromatic heterocycles. The number of fused-ring (bicyclic) bond motifs is 3. The third-order valence-corrected chi connectivity index (χ3v) is 4.97. The molecule has 0 bridgehead atoms. The van der Waals surface area contributed by atoms with Crippen molar-refractivity contribution in [3.63, 3.8) is 0 Å². The fourth-order valence-electron chi connectivity index (χ4n) is 2.69. The number of esters is 1. The molecule has 0 fully saturated rings. The number of halogens is 3. The van der Waals surface area contributed by atoms with E-state index in [4.69, 9.17) is 39.5 Å². The molecule has 0 amide bonds. The highest BCUT2D eigenvalue weighted by Gasteiger charge is 2.34. The average molecular weight is 342 g/mol. The summed E-state index contributed by atoms with van der Waals surface area (Å²) in [5, 5.41) is -0.331. The molecule has 0 heterocycles. The average Bonchev–Trinajstić information content (AvgIpc) is 2.51. The van der Waals surface area contributed by atoms with Crippen molar-refractivity contribution in [3.05, 3.63) is 58.1 Å². The Morgan fingerprint density at radius 1 is 1.10 bits per heavy atom. The first-order valence-electron chi connectivity index (χ1n) is 6.33. The lowest BCUT2D eigenvalue weighted by Gasteiger charge is -2.29. The van der Waals surface area contributed by atoms with Gasteiger partial charge in [-0.25, -0.2) is 4.79 Å². The van der Waals surface area contributed by atoms with Gasteiger partial charge in [0.15, 0.2) is 0 Å². The second kappa shape index (κ2) is 5.53. The number of rotatable bonds is 1. The summed E-state index contributed by atoms with van der Waals surface area (Å²) in [6.45, 7) is 0. The third-order valence-electron chi connectivity index (χ3n) is 3.65. The minimum absolute atomic E-state index is 0.424. The van der Waals surface area contributed by atoms with E-state index >= 15 is 0 Å². The lowest BCUT2D eigenvalue weighted by atomic mass is 9.82. The van der Waals surface area contributed by atoms with Crippen molar-refractivity contribution in [1.82, 2.24) is 0 Å². The van der Waals surface area contributed by atoms with E-state index in [1.54, 1.807) is 18.2 Å². The fourth-order valence-corrected chi connectivity index (χ4v) is 3.55. The smallest absolute Gasteiger partial charge is 0.338 e. The summed E-state index contributed by atoms with van der Waals surface area (Å²) in [5.74, 6) is -0.424. The molecule has 0 aliphatic heterocycles. The Kier molecular flexibility index (Phi) is 3.87. The zero-order valence-corrected chi connectivity index (χ0v) is 13.3. The molecule has 0 saturated carbocycles. The van der Waals surface area contributed by atoms with E-state index in [9.17, 15) is 4.79 Å². The maximum Gasteiger partial charge on any atom is 0.338 e. The van der Waals surface area contributed by atoms with E-state index in [1.165, 1.54) is 7.11 Å². The molecule has 0 spiro atoms. The maximum atomic E-state index is 12.0. The minimum Gasteiger partial charge on any atom is -0.465 e. The van der Waals surface area contributed by atoms with E-state index < -0.39 is 16.7 Å². The molecule has 108 valence electrons. The van der Waals surface area contributed by atoms with Gasteiger partial charge >= 0.3 is 5.97 Å². The van der Waals surface area contributed by atoms with Crippen molar-refractivity contribution in [2.75, 3.05) is 7.11 Å². The van der Waals surface area contributed by atoms with Gasteiger partial charge in [-0.3, -0.25) is 0 Å². The molecule has 21 heavy (non-hydrogen) atoms. The zero-order valence-electron chi connectivity index (χ0n) is 11.1. The van der Waals surface area contributed by atoms with Gasteiger partial charge in [0.1, 0.15) is 0 Å². The van der Waals surface area contributed by atoms with Crippen LogP contribution >= 0.6 is 34.8 Å². The van der Waals surface area contributed by atoms with Gasteiger partial charge in [-0.1, -0.05) is 29.8 Å². The Morgan fingerprint density at radius 2 is 1.86 bits per heavy atom. The monoisotopic (exact) mass is 340 g/mol. The van der Waals surface area contributed by atoms with Crippen LogP contribution in [-0.2, 0) is 4.74 Å². The topological polar surface area (TPSA) is 26.3 Å². The first-order valence-corrected chi connectivity index (χ1v) is 7.59. The Labute approximate surface area is 137 Å². The number of hydrogen-bond donors (Lipinski definition) is 0. The third kappa shape index (κ3) is 2.32. The minimum atomic E-state index is -0.509. The van der Waals surface area contributed by atoms with E-state index in [0.29, 0.717) is 16.1 Å². The lowest BCUT2D eigenvalue weighted by Crippen LogP contribution is -2.15. The van der Waals surface area contributed by atoms with Crippen molar-refractivity contribution in [3.8, 4) is 11.1 Å². The highest BCUT2D eigenvalue weighted by atomic mass is 35.5. The van der Waals surface area contributed by atoms with Crippen LogP contribution in [0.3, 0.4) is 0 Å². The van der Waals surface area contributed by atoms with Crippen molar-refractivity contribution < 1.29 is 9.53 Å². The first kappa shape index (κ1) is 14.7. The molecule has 5 heteroatoms. The number of hydrogen-bond acceptors (Lipinski definition) is 2. The summed E-state index contributed by atoms with van der Waals surface area (Å²) >= 11 is 19.1. The van der Waals surface area contributed by atoms with Gasteiger partial charge in [-0.05, 0) is 40.5 Å². The molecule has 2 atom stereocenters.